The molecule has 2 N–H and O–H groups in total. The summed E-state index contributed by atoms with van der Waals surface area (Å²) >= 11 is 0. The lowest BCUT2D eigenvalue weighted by Gasteiger charge is -2.37. The summed E-state index contributed by atoms with van der Waals surface area (Å²) < 4.78 is 39.7. The molecule has 6 nitrogen and oxygen atoms in total. The van der Waals surface area contributed by atoms with Crippen LogP contribution in [0.15, 0.2) is 17.0 Å². The average molecular weight is 421 g/mol. The standard InChI is InChI=1S/C19H32N2O4S.ClH/c1-14(2)16-11-18(15(3)10-17(16)25-5)26(22,23)21-12-19(13-24-4)6-8-20-9-7-19;/h10-11,14,20-21H,6-9,12-13H2,1-5H3;1H. The maximum absolute atomic E-state index is 13.0. The Morgan fingerprint density at radius 2 is 1.85 bits per heavy atom. The molecule has 1 fully saturated rings. The van der Waals surface area contributed by atoms with E-state index in [9.17, 15) is 8.42 Å². The maximum Gasteiger partial charge on any atom is 0.240 e. The summed E-state index contributed by atoms with van der Waals surface area (Å²) in [6, 6.07) is 3.55. The second kappa shape index (κ2) is 10.1. The van der Waals surface area contributed by atoms with Gasteiger partial charge in [0.15, 0.2) is 0 Å². The average Bonchev–Trinajstić information content (AvgIpc) is 2.60. The molecule has 0 aliphatic carbocycles. The number of benzene rings is 1. The normalized spacial score (nSPS) is 16.8. The third-order valence-electron chi connectivity index (χ3n) is 5.19. The second-order valence-electron chi connectivity index (χ2n) is 7.52. The minimum absolute atomic E-state index is 0. The molecule has 2 rings (SSSR count). The predicted molar refractivity (Wildman–Crippen MR) is 111 cm³/mol. The van der Waals surface area contributed by atoms with Gasteiger partial charge in [0.1, 0.15) is 5.75 Å². The van der Waals surface area contributed by atoms with Gasteiger partial charge in [-0.1, -0.05) is 13.8 Å². The van der Waals surface area contributed by atoms with Crippen molar-refractivity contribution in [3.8, 4) is 5.75 Å². The van der Waals surface area contributed by atoms with Crippen LogP contribution in [0.2, 0.25) is 0 Å². The number of nitrogens with one attached hydrogen (secondary N) is 2. The van der Waals surface area contributed by atoms with Gasteiger partial charge in [0.25, 0.3) is 0 Å². The van der Waals surface area contributed by atoms with Gasteiger partial charge in [-0.3, -0.25) is 0 Å². The molecule has 8 heteroatoms. The Morgan fingerprint density at radius 3 is 2.37 bits per heavy atom. The van der Waals surface area contributed by atoms with Crippen molar-refractivity contribution in [3.63, 3.8) is 0 Å². The molecule has 27 heavy (non-hydrogen) atoms. The summed E-state index contributed by atoms with van der Waals surface area (Å²) in [7, 11) is -0.332. The van der Waals surface area contributed by atoms with Gasteiger partial charge < -0.3 is 14.8 Å². The van der Waals surface area contributed by atoms with Crippen LogP contribution in [-0.2, 0) is 14.8 Å². The van der Waals surface area contributed by atoms with E-state index in [2.05, 4.69) is 10.0 Å². The lowest BCUT2D eigenvalue weighted by Crippen LogP contribution is -2.47. The summed E-state index contributed by atoms with van der Waals surface area (Å²) in [5.74, 6) is 0.898. The number of hydrogen-bond donors (Lipinski definition) is 2. The van der Waals surface area contributed by atoms with E-state index in [0.29, 0.717) is 23.6 Å². The largest absolute Gasteiger partial charge is 0.496 e. The number of hydrogen-bond acceptors (Lipinski definition) is 5. The molecule has 0 amide bonds. The van der Waals surface area contributed by atoms with Gasteiger partial charge in [0.05, 0.1) is 18.6 Å². The zero-order chi connectivity index (χ0) is 19.4. The first kappa shape index (κ1) is 24.2. The van der Waals surface area contributed by atoms with Crippen LogP contribution in [0.5, 0.6) is 5.75 Å². The van der Waals surface area contributed by atoms with Crippen molar-refractivity contribution < 1.29 is 17.9 Å². The fourth-order valence-corrected chi connectivity index (χ4v) is 4.97. The Kier molecular flexibility index (Phi) is 9.02. The van der Waals surface area contributed by atoms with E-state index in [4.69, 9.17) is 9.47 Å². The highest BCUT2D eigenvalue weighted by Crippen LogP contribution is 2.33. The van der Waals surface area contributed by atoms with E-state index < -0.39 is 10.0 Å². The number of piperidine rings is 1. The first-order valence-electron chi connectivity index (χ1n) is 9.12. The lowest BCUT2D eigenvalue weighted by atomic mass is 9.80. The van der Waals surface area contributed by atoms with Gasteiger partial charge in [0, 0.05) is 19.1 Å². The Bertz CT molecular complexity index is 711. The SMILES string of the molecule is COCC1(CNS(=O)(=O)c2cc(C(C)C)c(OC)cc2C)CCNCC1.Cl. The van der Waals surface area contributed by atoms with Crippen molar-refractivity contribution in [2.24, 2.45) is 5.41 Å². The summed E-state index contributed by atoms with van der Waals surface area (Å²) in [6.45, 7) is 8.55. The number of sulfonamides is 1. The zero-order valence-corrected chi connectivity index (χ0v) is 18.6. The lowest BCUT2D eigenvalue weighted by molar-refractivity contribution is 0.0577. The minimum Gasteiger partial charge on any atom is -0.496 e. The van der Waals surface area contributed by atoms with Crippen molar-refractivity contribution in [2.45, 2.75) is 44.4 Å². The first-order valence-corrected chi connectivity index (χ1v) is 10.6. The third-order valence-corrected chi connectivity index (χ3v) is 6.73. The molecule has 0 unspecified atom stereocenters. The molecule has 0 radical (unpaired) electrons. The molecule has 1 aromatic carbocycles. The van der Waals surface area contributed by atoms with Crippen LogP contribution in [0.3, 0.4) is 0 Å². The molecule has 1 aliphatic rings. The molecule has 1 saturated heterocycles. The van der Waals surface area contributed by atoms with Crippen LogP contribution in [-0.4, -0.2) is 48.9 Å². The number of aryl methyl sites for hydroxylation is 1. The fraction of sp³-hybridized carbons (Fsp3) is 0.684. The van der Waals surface area contributed by atoms with Gasteiger partial charge in [-0.15, -0.1) is 12.4 Å². The van der Waals surface area contributed by atoms with Crippen molar-refractivity contribution in [2.75, 3.05) is 40.5 Å². The molecule has 0 atom stereocenters. The Hall–Kier alpha value is -0.860. The van der Waals surface area contributed by atoms with Gasteiger partial charge in [-0.25, -0.2) is 13.1 Å². The molecular formula is C19H33ClN2O4S. The molecule has 156 valence electrons. The molecule has 0 saturated carbocycles. The fourth-order valence-electron chi connectivity index (χ4n) is 3.56. The van der Waals surface area contributed by atoms with E-state index in [1.165, 1.54) is 0 Å². The number of ether oxygens (including phenoxy) is 2. The van der Waals surface area contributed by atoms with Crippen LogP contribution in [0.25, 0.3) is 0 Å². The number of halogens is 1. The van der Waals surface area contributed by atoms with E-state index in [1.54, 1.807) is 33.3 Å². The van der Waals surface area contributed by atoms with Crippen LogP contribution < -0.4 is 14.8 Å². The number of rotatable bonds is 8. The van der Waals surface area contributed by atoms with Gasteiger partial charge in [-0.2, -0.15) is 0 Å². The number of methoxy groups -OCH3 is 2. The van der Waals surface area contributed by atoms with Crippen molar-refractivity contribution in [1.29, 1.82) is 0 Å². The predicted octanol–water partition coefficient (Wildman–Crippen LogP) is 2.84. The third kappa shape index (κ3) is 5.81. The summed E-state index contributed by atoms with van der Waals surface area (Å²) in [5, 5.41) is 3.32. The Labute approximate surface area is 169 Å². The maximum atomic E-state index is 13.0. The highest BCUT2D eigenvalue weighted by molar-refractivity contribution is 7.89. The molecule has 0 aromatic heterocycles. The molecule has 0 bridgehead atoms. The van der Waals surface area contributed by atoms with Gasteiger partial charge in [-0.05, 0) is 62.0 Å². The molecule has 0 spiro atoms. The molecule has 1 aliphatic heterocycles. The molecular weight excluding hydrogens is 388 g/mol. The second-order valence-corrected chi connectivity index (χ2v) is 9.26. The zero-order valence-electron chi connectivity index (χ0n) is 16.9. The monoisotopic (exact) mass is 420 g/mol. The van der Waals surface area contributed by atoms with E-state index in [0.717, 1.165) is 37.2 Å². The Balaban J connectivity index is 0.00000364. The van der Waals surface area contributed by atoms with Gasteiger partial charge in [0.2, 0.25) is 10.0 Å². The summed E-state index contributed by atoms with van der Waals surface area (Å²) in [4.78, 5) is 0.323. The van der Waals surface area contributed by atoms with Crippen molar-refractivity contribution >= 4 is 22.4 Å². The highest BCUT2D eigenvalue weighted by atomic mass is 35.5. The quantitative estimate of drug-likeness (QED) is 0.676. The van der Waals surface area contributed by atoms with Crippen LogP contribution in [0, 0.1) is 12.3 Å². The summed E-state index contributed by atoms with van der Waals surface area (Å²) in [6.07, 6.45) is 1.78. The van der Waals surface area contributed by atoms with Gasteiger partial charge >= 0.3 is 0 Å². The first-order chi connectivity index (χ1) is 12.2. The topological polar surface area (TPSA) is 76.7 Å². The van der Waals surface area contributed by atoms with Crippen molar-refractivity contribution in [3.05, 3.63) is 23.3 Å². The smallest absolute Gasteiger partial charge is 0.240 e. The van der Waals surface area contributed by atoms with Crippen LogP contribution in [0.4, 0.5) is 0 Å². The van der Waals surface area contributed by atoms with Crippen LogP contribution in [0.1, 0.15) is 43.7 Å². The van der Waals surface area contributed by atoms with E-state index in [1.807, 2.05) is 13.8 Å². The minimum atomic E-state index is -3.61. The van der Waals surface area contributed by atoms with E-state index in [-0.39, 0.29) is 23.7 Å². The summed E-state index contributed by atoms with van der Waals surface area (Å²) in [5.41, 5.74) is 1.42. The molecule has 1 aromatic rings. The van der Waals surface area contributed by atoms with Crippen LogP contribution >= 0.6 is 12.4 Å². The van der Waals surface area contributed by atoms with Crippen molar-refractivity contribution in [1.82, 2.24) is 10.0 Å². The molecule has 1 heterocycles. The van der Waals surface area contributed by atoms with E-state index >= 15 is 0 Å². The highest BCUT2D eigenvalue weighted by Gasteiger charge is 2.34. The Morgan fingerprint density at radius 1 is 1.22 bits per heavy atom.